The summed E-state index contributed by atoms with van der Waals surface area (Å²) in [5.41, 5.74) is 2.81. The Bertz CT molecular complexity index is 997. The fourth-order valence-electron chi connectivity index (χ4n) is 3.18. The molecule has 0 saturated carbocycles. The number of nitrogens with zero attached hydrogens (tertiary/aromatic N) is 2. The number of carbonyl (C=O) groups is 1. The first kappa shape index (κ1) is 18.3. The zero-order valence-corrected chi connectivity index (χ0v) is 16.1. The molecule has 1 aromatic heterocycles. The second kappa shape index (κ2) is 7.90. The molecule has 3 aromatic rings. The SMILES string of the molecule is Cc1cccc(OCC(=O)N2N=C(c3ccc(Cl)cc3)C[C@@H]2c2ccco2)c1. The molecule has 0 saturated heterocycles. The maximum Gasteiger partial charge on any atom is 0.281 e. The Hall–Kier alpha value is -3.05. The zero-order chi connectivity index (χ0) is 19.5. The van der Waals surface area contributed by atoms with Gasteiger partial charge < -0.3 is 9.15 Å². The van der Waals surface area contributed by atoms with Gasteiger partial charge in [0.2, 0.25) is 0 Å². The van der Waals surface area contributed by atoms with E-state index in [1.165, 1.54) is 5.01 Å². The van der Waals surface area contributed by atoms with Gasteiger partial charge in [-0.05, 0) is 54.4 Å². The van der Waals surface area contributed by atoms with E-state index in [1.807, 2.05) is 67.6 Å². The van der Waals surface area contributed by atoms with Crippen molar-refractivity contribution in [2.75, 3.05) is 6.61 Å². The highest BCUT2D eigenvalue weighted by atomic mass is 35.5. The van der Waals surface area contributed by atoms with Gasteiger partial charge in [-0.2, -0.15) is 5.10 Å². The van der Waals surface area contributed by atoms with Crippen molar-refractivity contribution in [1.82, 2.24) is 5.01 Å². The third-order valence-corrected chi connectivity index (χ3v) is 4.82. The van der Waals surface area contributed by atoms with Crippen LogP contribution in [0.3, 0.4) is 0 Å². The average molecular weight is 395 g/mol. The molecule has 6 heteroatoms. The molecule has 0 fully saturated rings. The summed E-state index contributed by atoms with van der Waals surface area (Å²) in [4.78, 5) is 12.9. The highest BCUT2D eigenvalue weighted by Crippen LogP contribution is 2.33. The van der Waals surface area contributed by atoms with E-state index in [2.05, 4.69) is 5.10 Å². The molecule has 1 atom stereocenters. The molecule has 1 amide bonds. The van der Waals surface area contributed by atoms with Crippen LogP contribution in [0.15, 0.2) is 76.4 Å². The Kier molecular flexibility index (Phi) is 5.17. The Morgan fingerprint density at radius 1 is 1.21 bits per heavy atom. The number of benzene rings is 2. The molecule has 0 bridgehead atoms. The molecule has 0 N–H and O–H groups in total. The molecule has 142 valence electrons. The standard InChI is InChI=1S/C22H19ClN2O3/c1-15-4-2-5-18(12-15)28-14-22(26)25-20(21-6-3-11-27-21)13-19(24-25)16-7-9-17(23)10-8-16/h2-12,20H,13-14H2,1H3/t20-/m1/s1. The largest absolute Gasteiger partial charge is 0.484 e. The highest BCUT2D eigenvalue weighted by Gasteiger charge is 2.35. The van der Waals surface area contributed by atoms with Crippen molar-refractivity contribution in [3.8, 4) is 5.75 Å². The van der Waals surface area contributed by atoms with Crippen LogP contribution >= 0.6 is 11.6 Å². The van der Waals surface area contributed by atoms with Crippen LogP contribution in [0, 0.1) is 6.92 Å². The van der Waals surface area contributed by atoms with Crippen molar-refractivity contribution in [2.24, 2.45) is 5.10 Å². The van der Waals surface area contributed by atoms with Crippen LogP contribution in [0.2, 0.25) is 5.02 Å². The van der Waals surface area contributed by atoms with Crippen molar-refractivity contribution in [3.05, 3.63) is 88.8 Å². The lowest BCUT2D eigenvalue weighted by Gasteiger charge is -2.20. The molecule has 0 aliphatic carbocycles. The molecule has 4 rings (SSSR count). The molecule has 2 aromatic carbocycles. The molecule has 28 heavy (non-hydrogen) atoms. The van der Waals surface area contributed by atoms with Crippen LogP contribution in [-0.2, 0) is 4.79 Å². The molecule has 2 heterocycles. The van der Waals surface area contributed by atoms with Gasteiger partial charge in [0.15, 0.2) is 6.61 Å². The minimum atomic E-state index is -0.297. The second-order valence-electron chi connectivity index (χ2n) is 6.63. The Morgan fingerprint density at radius 3 is 2.75 bits per heavy atom. The fourth-order valence-corrected chi connectivity index (χ4v) is 3.30. The van der Waals surface area contributed by atoms with Crippen molar-refractivity contribution >= 4 is 23.2 Å². The fraction of sp³-hybridized carbons (Fsp3) is 0.182. The molecule has 1 aliphatic heterocycles. The van der Waals surface area contributed by atoms with Crippen LogP contribution in [0.4, 0.5) is 0 Å². The maximum atomic E-state index is 12.9. The number of hydrazone groups is 1. The molecule has 1 aliphatic rings. The first-order valence-electron chi connectivity index (χ1n) is 8.98. The third-order valence-electron chi connectivity index (χ3n) is 4.57. The van der Waals surface area contributed by atoms with Crippen LogP contribution in [0.5, 0.6) is 5.75 Å². The second-order valence-corrected chi connectivity index (χ2v) is 7.07. The molecule has 5 nitrogen and oxygen atoms in total. The molecular weight excluding hydrogens is 376 g/mol. The Balaban J connectivity index is 1.55. The number of halogens is 1. The minimum Gasteiger partial charge on any atom is -0.484 e. The number of furan rings is 1. The first-order chi connectivity index (χ1) is 13.6. The normalized spacial score (nSPS) is 16.1. The van der Waals surface area contributed by atoms with E-state index in [9.17, 15) is 4.79 Å². The predicted molar refractivity (Wildman–Crippen MR) is 108 cm³/mol. The van der Waals surface area contributed by atoms with E-state index >= 15 is 0 Å². The number of hydrogen-bond donors (Lipinski definition) is 0. The van der Waals surface area contributed by atoms with Crippen LogP contribution in [0.25, 0.3) is 0 Å². The molecule has 0 unspecified atom stereocenters. The number of ether oxygens (including phenoxy) is 1. The summed E-state index contributed by atoms with van der Waals surface area (Å²) in [6.45, 7) is 1.88. The van der Waals surface area contributed by atoms with E-state index in [0.717, 1.165) is 16.8 Å². The Morgan fingerprint density at radius 2 is 2.04 bits per heavy atom. The van der Waals surface area contributed by atoms with Crippen LogP contribution in [0.1, 0.15) is 29.3 Å². The minimum absolute atomic E-state index is 0.0991. The number of aryl methyl sites for hydroxylation is 1. The zero-order valence-electron chi connectivity index (χ0n) is 15.3. The van der Waals surface area contributed by atoms with Gasteiger partial charge >= 0.3 is 0 Å². The molecule has 0 radical (unpaired) electrons. The van der Waals surface area contributed by atoms with Crippen molar-refractivity contribution in [1.29, 1.82) is 0 Å². The highest BCUT2D eigenvalue weighted by molar-refractivity contribution is 6.30. The summed E-state index contributed by atoms with van der Waals surface area (Å²) in [6.07, 6.45) is 2.16. The van der Waals surface area contributed by atoms with Gasteiger partial charge in [-0.15, -0.1) is 0 Å². The monoisotopic (exact) mass is 394 g/mol. The summed E-state index contributed by atoms with van der Waals surface area (Å²) in [6, 6.07) is 18.4. The third kappa shape index (κ3) is 3.94. The topological polar surface area (TPSA) is 55.0 Å². The van der Waals surface area contributed by atoms with E-state index in [1.54, 1.807) is 6.26 Å². The van der Waals surface area contributed by atoms with E-state index in [4.69, 9.17) is 20.8 Å². The summed E-state index contributed by atoms with van der Waals surface area (Å²) in [5, 5.41) is 6.69. The number of amides is 1. The lowest BCUT2D eigenvalue weighted by Crippen LogP contribution is -2.31. The summed E-state index contributed by atoms with van der Waals surface area (Å²) >= 11 is 5.98. The van der Waals surface area contributed by atoms with Crippen molar-refractivity contribution < 1.29 is 13.9 Å². The van der Waals surface area contributed by atoms with Gasteiger partial charge in [0.25, 0.3) is 5.91 Å². The molecule has 0 spiro atoms. The number of carbonyl (C=O) groups excluding carboxylic acids is 1. The van der Waals surface area contributed by atoms with Crippen LogP contribution < -0.4 is 4.74 Å². The summed E-state index contributed by atoms with van der Waals surface area (Å²) < 4.78 is 11.2. The van der Waals surface area contributed by atoms with Gasteiger partial charge in [-0.3, -0.25) is 4.79 Å². The quantitative estimate of drug-likeness (QED) is 0.612. The van der Waals surface area contributed by atoms with Crippen molar-refractivity contribution in [2.45, 2.75) is 19.4 Å². The van der Waals surface area contributed by atoms with Crippen LogP contribution in [-0.4, -0.2) is 23.2 Å². The lowest BCUT2D eigenvalue weighted by molar-refractivity contribution is -0.135. The van der Waals surface area contributed by atoms with E-state index < -0.39 is 0 Å². The van der Waals surface area contributed by atoms with Gasteiger partial charge in [0.05, 0.1) is 12.0 Å². The molecular formula is C22H19ClN2O3. The van der Waals surface area contributed by atoms with Crippen molar-refractivity contribution in [3.63, 3.8) is 0 Å². The average Bonchev–Trinajstić information content (AvgIpc) is 3.36. The summed E-state index contributed by atoms with van der Waals surface area (Å²) in [7, 11) is 0. The lowest BCUT2D eigenvalue weighted by atomic mass is 10.0. The Labute approximate surface area is 168 Å². The van der Waals surface area contributed by atoms with E-state index in [0.29, 0.717) is 23.0 Å². The summed E-state index contributed by atoms with van der Waals surface area (Å²) in [5.74, 6) is 1.12. The smallest absolute Gasteiger partial charge is 0.281 e. The number of rotatable bonds is 5. The van der Waals surface area contributed by atoms with Gasteiger partial charge in [-0.1, -0.05) is 35.9 Å². The van der Waals surface area contributed by atoms with Gasteiger partial charge in [0.1, 0.15) is 17.6 Å². The first-order valence-corrected chi connectivity index (χ1v) is 9.36. The number of hydrogen-bond acceptors (Lipinski definition) is 4. The van der Waals surface area contributed by atoms with Gasteiger partial charge in [-0.25, -0.2) is 5.01 Å². The van der Waals surface area contributed by atoms with E-state index in [-0.39, 0.29) is 18.6 Å². The van der Waals surface area contributed by atoms with Gasteiger partial charge in [0, 0.05) is 11.4 Å². The maximum absolute atomic E-state index is 12.9. The predicted octanol–water partition coefficient (Wildman–Crippen LogP) is 5.00.